The largest absolute Gasteiger partial charge is 0.497 e. The third-order valence-corrected chi connectivity index (χ3v) is 3.79. The van der Waals surface area contributed by atoms with Crippen LogP contribution in [0.5, 0.6) is 5.75 Å². The van der Waals surface area contributed by atoms with E-state index in [1.54, 1.807) is 7.11 Å². The second kappa shape index (κ2) is 7.67. The van der Waals surface area contributed by atoms with Gasteiger partial charge >= 0.3 is 0 Å². The lowest BCUT2D eigenvalue weighted by Gasteiger charge is -2.16. The molecule has 0 saturated heterocycles. The molecule has 0 radical (unpaired) electrons. The van der Waals surface area contributed by atoms with E-state index in [4.69, 9.17) is 21.1 Å². The Morgan fingerprint density at radius 3 is 2.50 bits per heavy atom. The number of hydrogen-bond acceptors (Lipinski definition) is 2. The number of benzene rings is 2. The monoisotopic (exact) mass is 354 g/mol. The van der Waals surface area contributed by atoms with Crippen LogP contribution in [-0.2, 0) is 11.3 Å². The molecule has 4 heteroatoms. The maximum atomic E-state index is 5.97. The molecule has 1 atom stereocenters. The summed E-state index contributed by atoms with van der Waals surface area (Å²) >= 11 is 9.46. The molecular formula is C16H16BrClO2. The molecule has 0 aliphatic heterocycles. The summed E-state index contributed by atoms with van der Waals surface area (Å²) in [5, 5.41) is 1.46. The molecule has 0 saturated carbocycles. The molecule has 0 N–H and O–H groups in total. The van der Waals surface area contributed by atoms with Crippen molar-refractivity contribution in [1.29, 1.82) is 0 Å². The van der Waals surface area contributed by atoms with Crippen molar-refractivity contribution in [2.75, 3.05) is 12.4 Å². The quantitative estimate of drug-likeness (QED) is 0.679. The zero-order chi connectivity index (χ0) is 14.4. The highest BCUT2D eigenvalue weighted by Crippen LogP contribution is 2.24. The van der Waals surface area contributed by atoms with E-state index in [1.807, 2.05) is 48.5 Å². The van der Waals surface area contributed by atoms with Gasteiger partial charge in [-0.2, -0.15) is 0 Å². The van der Waals surface area contributed by atoms with Crippen molar-refractivity contribution in [2.45, 2.75) is 12.7 Å². The van der Waals surface area contributed by atoms with Crippen LogP contribution in [0.3, 0.4) is 0 Å². The average Bonchev–Trinajstić information content (AvgIpc) is 2.48. The first-order chi connectivity index (χ1) is 9.72. The van der Waals surface area contributed by atoms with Crippen molar-refractivity contribution in [3.8, 4) is 5.75 Å². The number of halogens is 2. The summed E-state index contributed by atoms with van der Waals surface area (Å²) in [6.07, 6.45) is -0.000104. The Kier molecular flexibility index (Phi) is 5.89. The average molecular weight is 356 g/mol. The topological polar surface area (TPSA) is 18.5 Å². The second-order valence-electron chi connectivity index (χ2n) is 4.36. The Morgan fingerprint density at radius 1 is 1.15 bits per heavy atom. The van der Waals surface area contributed by atoms with Crippen LogP contribution < -0.4 is 4.74 Å². The minimum Gasteiger partial charge on any atom is -0.497 e. The van der Waals surface area contributed by atoms with E-state index in [0.29, 0.717) is 6.61 Å². The van der Waals surface area contributed by atoms with Crippen molar-refractivity contribution in [2.24, 2.45) is 0 Å². The summed E-state index contributed by atoms with van der Waals surface area (Å²) in [5.74, 6) is 0.844. The smallest absolute Gasteiger partial charge is 0.118 e. The molecular weight excluding hydrogens is 340 g/mol. The summed E-state index contributed by atoms with van der Waals surface area (Å²) in [6.45, 7) is 0.531. The summed E-state index contributed by atoms with van der Waals surface area (Å²) in [7, 11) is 1.66. The molecule has 0 aliphatic rings. The first-order valence-electron chi connectivity index (χ1n) is 6.29. The van der Waals surface area contributed by atoms with E-state index in [1.165, 1.54) is 0 Å². The molecule has 20 heavy (non-hydrogen) atoms. The van der Waals surface area contributed by atoms with E-state index in [9.17, 15) is 0 Å². The van der Waals surface area contributed by atoms with Gasteiger partial charge in [0.05, 0.1) is 19.8 Å². The molecule has 2 nitrogen and oxygen atoms in total. The zero-order valence-corrected chi connectivity index (χ0v) is 13.5. The summed E-state index contributed by atoms with van der Waals surface area (Å²) < 4.78 is 11.1. The van der Waals surface area contributed by atoms with Gasteiger partial charge in [-0.05, 0) is 35.4 Å². The zero-order valence-electron chi connectivity index (χ0n) is 11.2. The maximum Gasteiger partial charge on any atom is 0.118 e. The summed E-state index contributed by atoms with van der Waals surface area (Å²) in [6, 6.07) is 15.6. The Bertz CT molecular complexity index is 542. The van der Waals surface area contributed by atoms with Gasteiger partial charge in [0.25, 0.3) is 0 Å². The maximum absolute atomic E-state index is 5.97. The lowest BCUT2D eigenvalue weighted by molar-refractivity contribution is 0.0566. The molecule has 0 aliphatic carbocycles. The molecule has 106 valence electrons. The van der Waals surface area contributed by atoms with Gasteiger partial charge in [-0.25, -0.2) is 0 Å². The van der Waals surface area contributed by atoms with Gasteiger partial charge < -0.3 is 9.47 Å². The molecule has 2 aromatic rings. The van der Waals surface area contributed by atoms with Crippen molar-refractivity contribution < 1.29 is 9.47 Å². The number of rotatable bonds is 6. The Morgan fingerprint density at radius 2 is 1.90 bits per heavy atom. The van der Waals surface area contributed by atoms with Crippen LogP contribution in [0.2, 0.25) is 5.02 Å². The Labute approximate surface area is 132 Å². The Balaban J connectivity index is 2.01. The highest BCUT2D eigenvalue weighted by atomic mass is 79.9. The fraction of sp³-hybridized carbons (Fsp3) is 0.250. The molecule has 0 spiro atoms. The number of alkyl halides is 1. The van der Waals surface area contributed by atoms with Gasteiger partial charge in [-0.15, -0.1) is 0 Å². The molecule has 2 aromatic carbocycles. The summed E-state index contributed by atoms with van der Waals surface area (Å²) in [5.41, 5.74) is 2.18. The van der Waals surface area contributed by atoms with Gasteiger partial charge in [-0.3, -0.25) is 0 Å². The van der Waals surface area contributed by atoms with Crippen LogP contribution in [0.4, 0.5) is 0 Å². The van der Waals surface area contributed by atoms with Crippen molar-refractivity contribution >= 4 is 27.5 Å². The highest BCUT2D eigenvalue weighted by Gasteiger charge is 2.11. The van der Waals surface area contributed by atoms with Crippen LogP contribution in [0.15, 0.2) is 48.5 Å². The van der Waals surface area contributed by atoms with Crippen molar-refractivity contribution in [3.63, 3.8) is 0 Å². The predicted octanol–water partition coefficient (Wildman–Crippen LogP) is 5.00. The Hall–Kier alpha value is -1.03. The minimum absolute atomic E-state index is 0.000104. The first kappa shape index (κ1) is 15.4. The third-order valence-electron chi connectivity index (χ3n) is 2.97. The fourth-order valence-corrected chi connectivity index (χ4v) is 2.65. The second-order valence-corrected chi connectivity index (χ2v) is 5.44. The molecule has 0 amide bonds. The fourth-order valence-electron chi connectivity index (χ4n) is 1.87. The van der Waals surface area contributed by atoms with Crippen LogP contribution >= 0.6 is 27.5 Å². The van der Waals surface area contributed by atoms with Crippen LogP contribution in [-0.4, -0.2) is 12.4 Å². The van der Waals surface area contributed by atoms with Gasteiger partial charge in [0, 0.05) is 10.4 Å². The minimum atomic E-state index is -0.000104. The molecule has 0 fully saturated rings. The van der Waals surface area contributed by atoms with E-state index in [2.05, 4.69) is 15.9 Å². The predicted molar refractivity (Wildman–Crippen MR) is 85.8 cm³/mol. The number of hydrogen-bond donors (Lipinski definition) is 0. The normalized spacial score (nSPS) is 12.2. The van der Waals surface area contributed by atoms with Crippen molar-refractivity contribution in [1.82, 2.24) is 0 Å². The van der Waals surface area contributed by atoms with Gasteiger partial charge in [0.15, 0.2) is 0 Å². The van der Waals surface area contributed by atoms with Gasteiger partial charge in [-0.1, -0.05) is 51.8 Å². The molecule has 0 heterocycles. The molecule has 2 rings (SSSR count). The lowest BCUT2D eigenvalue weighted by atomic mass is 10.1. The molecule has 0 aromatic heterocycles. The van der Waals surface area contributed by atoms with Crippen LogP contribution in [0.25, 0.3) is 0 Å². The van der Waals surface area contributed by atoms with E-state index in [0.717, 1.165) is 27.2 Å². The number of ether oxygens (including phenoxy) is 2. The molecule has 1 unspecified atom stereocenters. The summed E-state index contributed by atoms with van der Waals surface area (Å²) in [4.78, 5) is 0. The van der Waals surface area contributed by atoms with Gasteiger partial charge in [0.1, 0.15) is 5.75 Å². The van der Waals surface area contributed by atoms with E-state index < -0.39 is 0 Å². The van der Waals surface area contributed by atoms with E-state index in [-0.39, 0.29) is 6.10 Å². The standard InChI is InChI=1S/C16H16BrClO2/c1-19-15-7-5-13(6-8-15)16(10-17)20-11-12-3-2-4-14(18)9-12/h2-9,16H,10-11H2,1H3. The van der Waals surface area contributed by atoms with Gasteiger partial charge in [0.2, 0.25) is 0 Å². The number of methoxy groups -OCH3 is 1. The molecule has 0 bridgehead atoms. The lowest BCUT2D eigenvalue weighted by Crippen LogP contribution is -2.06. The van der Waals surface area contributed by atoms with Crippen molar-refractivity contribution in [3.05, 3.63) is 64.7 Å². The SMILES string of the molecule is COc1ccc(C(CBr)OCc2cccc(Cl)c2)cc1. The van der Waals surface area contributed by atoms with Crippen LogP contribution in [0, 0.1) is 0 Å². The van der Waals surface area contributed by atoms with E-state index >= 15 is 0 Å². The first-order valence-corrected chi connectivity index (χ1v) is 7.79. The third kappa shape index (κ3) is 4.23. The highest BCUT2D eigenvalue weighted by molar-refractivity contribution is 9.09. The van der Waals surface area contributed by atoms with Crippen LogP contribution in [0.1, 0.15) is 17.2 Å².